The zero-order valence-corrected chi connectivity index (χ0v) is 21.5. The van der Waals surface area contributed by atoms with Crippen molar-refractivity contribution in [3.63, 3.8) is 0 Å². The van der Waals surface area contributed by atoms with Gasteiger partial charge in [0.15, 0.2) is 15.0 Å². The molecule has 1 aliphatic rings. The zero-order valence-electron chi connectivity index (χ0n) is 19.1. The lowest BCUT2D eigenvalue weighted by Gasteiger charge is -2.26. The molecule has 0 unspecified atom stereocenters. The largest absolute Gasteiger partial charge is 0.346 e. The Bertz CT molecular complexity index is 1560. The van der Waals surface area contributed by atoms with E-state index in [1.54, 1.807) is 6.07 Å². The molecule has 0 radical (unpaired) electrons. The molecule has 5 rings (SSSR count). The molecule has 2 aromatic heterocycles. The smallest absolute Gasteiger partial charge is 0.222 e. The molecule has 1 saturated heterocycles. The zero-order chi connectivity index (χ0) is 26.2. The first-order valence-corrected chi connectivity index (χ1v) is 14.0. The molecule has 7 nitrogen and oxygen atoms in total. The van der Waals surface area contributed by atoms with Gasteiger partial charge in [-0.1, -0.05) is 29.5 Å². The Labute approximate surface area is 219 Å². The fraction of sp³-hybridized carbons (Fsp3) is 0.208. The molecule has 1 aliphatic heterocycles. The van der Waals surface area contributed by atoms with Crippen molar-refractivity contribution in [2.45, 2.75) is 10.6 Å². The summed E-state index contributed by atoms with van der Waals surface area (Å²) in [6.45, 7) is 2.92. The van der Waals surface area contributed by atoms with Gasteiger partial charge >= 0.3 is 0 Å². The van der Waals surface area contributed by atoms with E-state index in [4.69, 9.17) is 16.6 Å². The lowest BCUT2D eigenvalue weighted by molar-refractivity contribution is 0.518. The van der Waals surface area contributed by atoms with E-state index in [2.05, 4.69) is 20.2 Å². The van der Waals surface area contributed by atoms with Crippen molar-refractivity contribution >= 4 is 37.9 Å². The summed E-state index contributed by atoms with van der Waals surface area (Å²) in [6.07, 6.45) is 1.47. The van der Waals surface area contributed by atoms with Crippen LogP contribution in [0.15, 0.2) is 53.6 Å². The quantitative estimate of drug-likeness (QED) is 0.338. The van der Waals surface area contributed by atoms with E-state index in [1.165, 1.54) is 35.7 Å². The molecule has 0 bridgehead atoms. The Balaban J connectivity index is 1.60. The molecule has 0 spiro atoms. The van der Waals surface area contributed by atoms with Crippen molar-refractivity contribution in [2.24, 2.45) is 0 Å². The van der Waals surface area contributed by atoms with Crippen LogP contribution in [0.4, 0.5) is 18.3 Å². The monoisotopic (exact) mass is 565 g/mol. The number of anilines is 1. The second kappa shape index (κ2) is 10.4. The number of aromatic nitrogens is 3. The van der Waals surface area contributed by atoms with Crippen molar-refractivity contribution in [3.05, 3.63) is 77.0 Å². The van der Waals surface area contributed by atoms with Gasteiger partial charge in [0.25, 0.3) is 0 Å². The maximum atomic E-state index is 15.9. The number of nitrogens with one attached hydrogen (secondary N) is 1. The predicted octanol–water partition coefficient (Wildman–Crippen LogP) is 4.72. The fourth-order valence-corrected chi connectivity index (χ4v) is 6.80. The highest BCUT2D eigenvalue weighted by atomic mass is 35.5. The maximum Gasteiger partial charge on any atom is 0.222 e. The first-order chi connectivity index (χ1) is 17.7. The predicted molar refractivity (Wildman–Crippen MR) is 136 cm³/mol. The van der Waals surface area contributed by atoms with Crippen molar-refractivity contribution in [3.8, 4) is 21.8 Å². The van der Waals surface area contributed by atoms with E-state index in [-0.39, 0.29) is 22.1 Å². The van der Waals surface area contributed by atoms with Crippen LogP contribution in [-0.4, -0.2) is 49.5 Å². The van der Waals surface area contributed by atoms with Crippen LogP contribution in [0.25, 0.3) is 21.8 Å². The highest BCUT2D eigenvalue weighted by Crippen LogP contribution is 2.41. The van der Waals surface area contributed by atoms with Gasteiger partial charge in [0, 0.05) is 43.5 Å². The molecular weight excluding hydrogens is 547 g/mol. The molecule has 3 heterocycles. The molecule has 37 heavy (non-hydrogen) atoms. The van der Waals surface area contributed by atoms with Crippen molar-refractivity contribution in [2.75, 3.05) is 31.1 Å². The van der Waals surface area contributed by atoms with E-state index in [1.807, 2.05) is 0 Å². The summed E-state index contributed by atoms with van der Waals surface area (Å²) in [5, 5.41) is 3.92. The average Bonchev–Trinajstić information content (AvgIpc) is 3.31. The normalized spacial score (nSPS) is 14.2. The Morgan fingerprint density at radius 1 is 1.00 bits per heavy atom. The average molecular weight is 566 g/mol. The SMILES string of the molecule is O=S(=O)(Cc1cccc(-c2nc(N3CCNCC3)sc2-c2ccnc(Cl)n2)c1F)c1c(F)cccc1F. The number of thiazole rings is 1. The van der Waals surface area contributed by atoms with E-state index >= 15 is 4.39 Å². The van der Waals surface area contributed by atoms with Crippen molar-refractivity contribution < 1.29 is 21.6 Å². The van der Waals surface area contributed by atoms with E-state index in [9.17, 15) is 17.2 Å². The summed E-state index contributed by atoms with van der Waals surface area (Å²) in [5.74, 6) is -4.27. The van der Waals surface area contributed by atoms with Gasteiger partial charge in [0.1, 0.15) is 22.3 Å². The Morgan fingerprint density at radius 3 is 2.41 bits per heavy atom. The second-order valence-electron chi connectivity index (χ2n) is 8.21. The van der Waals surface area contributed by atoms with Crippen LogP contribution < -0.4 is 10.2 Å². The number of rotatable bonds is 6. The Morgan fingerprint density at radius 2 is 1.70 bits per heavy atom. The minimum absolute atomic E-state index is 0.00722. The molecule has 1 fully saturated rings. The van der Waals surface area contributed by atoms with Crippen LogP contribution in [0.1, 0.15) is 5.56 Å². The maximum absolute atomic E-state index is 15.9. The Kier molecular flexibility index (Phi) is 7.17. The summed E-state index contributed by atoms with van der Waals surface area (Å²) in [7, 11) is -4.54. The molecule has 13 heteroatoms. The third-order valence-electron chi connectivity index (χ3n) is 5.77. The van der Waals surface area contributed by atoms with E-state index in [0.717, 1.165) is 31.3 Å². The van der Waals surface area contributed by atoms with Gasteiger partial charge in [0.2, 0.25) is 5.28 Å². The number of nitrogens with zero attached hydrogens (tertiary/aromatic N) is 4. The van der Waals surface area contributed by atoms with Gasteiger partial charge in [0.05, 0.1) is 22.0 Å². The van der Waals surface area contributed by atoms with E-state index < -0.39 is 37.9 Å². The summed E-state index contributed by atoms with van der Waals surface area (Å²) < 4.78 is 70.0. The third-order valence-corrected chi connectivity index (χ3v) is 8.80. The first kappa shape index (κ1) is 25.6. The third kappa shape index (κ3) is 5.19. The van der Waals surface area contributed by atoms with Gasteiger partial charge < -0.3 is 10.2 Å². The molecule has 0 atom stereocenters. The minimum Gasteiger partial charge on any atom is -0.346 e. The molecule has 1 N–H and O–H groups in total. The lowest BCUT2D eigenvalue weighted by atomic mass is 10.1. The number of hydrogen-bond donors (Lipinski definition) is 1. The van der Waals surface area contributed by atoms with Gasteiger partial charge in [-0.3, -0.25) is 0 Å². The number of piperazine rings is 1. The standard InChI is InChI=1S/C24H19ClF3N5O2S2/c25-23-30-8-7-18(31-23)21-20(32-24(36-21)33-11-9-29-10-12-33)15-4-1-3-14(19(15)28)13-37(34,35)22-16(26)5-2-6-17(22)27/h1-8,29H,9-13H2. The van der Waals surface area contributed by atoms with Crippen LogP contribution in [-0.2, 0) is 15.6 Å². The lowest BCUT2D eigenvalue weighted by Crippen LogP contribution is -2.43. The summed E-state index contributed by atoms with van der Waals surface area (Å²) in [6, 6.07) is 8.57. The fourth-order valence-electron chi connectivity index (χ4n) is 4.05. The van der Waals surface area contributed by atoms with Crippen molar-refractivity contribution in [1.82, 2.24) is 20.3 Å². The van der Waals surface area contributed by atoms with Gasteiger partial charge in [-0.15, -0.1) is 0 Å². The minimum atomic E-state index is -4.54. The van der Waals surface area contributed by atoms with Crippen LogP contribution >= 0.6 is 22.9 Å². The molecule has 0 amide bonds. The highest BCUT2D eigenvalue weighted by molar-refractivity contribution is 7.90. The Hall–Kier alpha value is -3.06. The van der Waals surface area contributed by atoms with Crippen LogP contribution in [0, 0.1) is 17.5 Å². The summed E-state index contributed by atoms with van der Waals surface area (Å²) in [4.78, 5) is 14.3. The van der Waals surface area contributed by atoms with Gasteiger partial charge in [-0.05, 0) is 35.9 Å². The molecule has 0 aliphatic carbocycles. The number of sulfone groups is 1. The number of halogens is 4. The van der Waals surface area contributed by atoms with Gasteiger partial charge in [-0.25, -0.2) is 36.5 Å². The highest BCUT2D eigenvalue weighted by Gasteiger charge is 2.28. The number of hydrogen-bond acceptors (Lipinski definition) is 8. The van der Waals surface area contributed by atoms with Crippen LogP contribution in [0.2, 0.25) is 5.28 Å². The summed E-state index contributed by atoms with van der Waals surface area (Å²) in [5.41, 5.74) is 0.467. The second-order valence-corrected chi connectivity index (χ2v) is 11.5. The molecule has 2 aromatic carbocycles. The number of benzene rings is 2. The molecule has 192 valence electrons. The topological polar surface area (TPSA) is 88.1 Å². The van der Waals surface area contributed by atoms with Gasteiger partial charge in [-0.2, -0.15) is 0 Å². The first-order valence-electron chi connectivity index (χ1n) is 11.1. The van der Waals surface area contributed by atoms with Crippen molar-refractivity contribution in [1.29, 1.82) is 0 Å². The van der Waals surface area contributed by atoms with Crippen LogP contribution in [0.3, 0.4) is 0 Å². The summed E-state index contributed by atoms with van der Waals surface area (Å²) >= 11 is 7.31. The molecule has 0 saturated carbocycles. The van der Waals surface area contributed by atoms with E-state index in [0.29, 0.717) is 28.8 Å². The molecule has 4 aromatic rings. The molecular formula is C24H19ClF3N5O2S2. The van der Waals surface area contributed by atoms with Crippen LogP contribution in [0.5, 0.6) is 0 Å².